The number of carbonyl (C=O) groups excluding carboxylic acids is 1. The van der Waals surface area contributed by atoms with Gasteiger partial charge in [-0.15, -0.1) is 27.5 Å². The Bertz CT molecular complexity index is 1170. The molecule has 3 N–H and O–H groups in total. The van der Waals surface area contributed by atoms with Crippen molar-refractivity contribution in [3.63, 3.8) is 0 Å². The summed E-state index contributed by atoms with van der Waals surface area (Å²) in [5.41, 5.74) is 5.99. The second-order valence-electron chi connectivity index (χ2n) is 5.63. The van der Waals surface area contributed by atoms with Gasteiger partial charge in [-0.05, 0) is 42.7 Å². The largest absolute Gasteiger partial charge is 0.383 e. The van der Waals surface area contributed by atoms with E-state index in [1.165, 1.54) is 23.1 Å². The molecule has 0 radical (unpaired) electrons. The second kappa shape index (κ2) is 8.60. The van der Waals surface area contributed by atoms with Gasteiger partial charge in [-0.3, -0.25) is 10.2 Å². The van der Waals surface area contributed by atoms with E-state index in [9.17, 15) is 9.00 Å². The molecule has 1 unspecified atom stereocenters. The highest BCUT2D eigenvalue weighted by molar-refractivity contribution is 9.10. The molecule has 1 amide bonds. The summed E-state index contributed by atoms with van der Waals surface area (Å²) in [6.07, 6.45) is 1.85. The van der Waals surface area contributed by atoms with E-state index in [4.69, 9.17) is 11.1 Å². The molecule has 1 heterocycles. The van der Waals surface area contributed by atoms with Crippen molar-refractivity contribution in [3.8, 4) is 0 Å². The molecule has 9 heteroatoms. The number of amidine groups is 1. The molecule has 0 fully saturated rings. The van der Waals surface area contributed by atoms with Gasteiger partial charge < -0.3 is 5.73 Å². The maximum absolute atomic E-state index is 14.2. The second-order valence-corrected chi connectivity index (χ2v) is 10.8. The molecular weight excluding hydrogens is 478 g/mol. The summed E-state index contributed by atoms with van der Waals surface area (Å²) in [7, 11) is -3.29. The number of nitrogens with two attached hydrogens (primary N) is 1. The topological polar surface area (TPSA) is 96.4 Å². The Kier molecular flexibility index (Phi) is 6.39. The molecule has 0 aliphatic heterocycles. The van der Waals surface area contributed by atoms with Crippen LogP contribution in [0, 0.1) is 5.41 Å². The molecule has 0 saturated heterocycles. The van der Waals surface area contributed by atoms with Crippen LogP contribution in [0.25, 0.3) is 0 Å². The van der Waals surface area contributed by atoms with Crippen LogP contribution >= 0.6 is 39.0 Å². The van der Waals surface area contributed by atoms with E-state index < -0.39 is 15.6 Å². The number of nitrogen functional groups attached to an aromatic ring is 1. The molecule has 0 bridgehead atoms. The number of benzene rings is 2. The maximum atomic E-state index is 14.2. The standard InChI is InChI=1S/C19H16BrN3O2S3/c1-26-19-16(11-15(27-19)17(21)22)28(25,14-9-5-8-13(20)10-14)23-18(24)12-6-3-2-4-7-12/h2-11H,1H3,(H3,21,22). The molecule has 3 aromatic rings. The quantitative estimate of drug-likeness (QED) is 0.288. The van der Waals surface area contributed by atoms with Crippen LogP contribution in [-0.4, -0.2) is 22.2 Å². The summed E-state index contributed by atoms with van der Waals surface area (Å²) < 4.78 is 19.8. The van der Waals surface area contributed by atoms with E-state index >= 15 is 0 Å². The number of hydrogen-bond acceptors (Lipinski definition) is 5. The molecule has 3 rings (SSSR count). The number of amides is 1. The summed E-state index contributed by atoms with van der Waals surface area (Å²) in [4.78, 5) is 14.1. The SMILES string of the molecule is CSc1sc(C(=N)N)cc1S(=O)(=NC(=O)c1ccccc1)c1cccc(Br)c1. The predicted molar refractivity (Wildman–Crippen MR) is 119 cm³/mol. The highest BCUT2D eigenvalue weighted by Crippen LogP contribution is 2.38. The first-order chi connectivity index (χ1) is 13.3. The summed E-state index contributed by atoms with van der Waals surface area (Å²) in [5.74, 6) is -0.676. The third-order valence-corrected chi connectivity index (χ3v) is 9.05. The van der Waals surface area contributed by atoms with Gasteiger partial charge in [-0.1, -0.05) is 40.2 Å². The molecule has 2 aromatic carbocycles. The van der Waals surface area contributed by atoms with Crippen LogP contribution in [0.15, 0.2) is 83.5 Å². The Morgan fingerprint density at radius 3 is 2.50 bits per heavy atom. The highest BCUT2D eigenvalue weighted by atomic mass is 79.9. The van der Waals surface area contributed by atoms with Gasteiger partial charge in [0.05, 0.1) is 18.9 Å². The molecular formula is C19H16BrN3O2S3. The maximum Gasteiger partial charge on any atom is 0.285 e. The number of nitrogens with one attached hydrogen (secondary N) is 1. The van der Waals surface area contributed by atoms with E-state index in [2.05, 4.69) is 20.3 Å². The van der Waals surface area contributed by atoms with Gasteiger partial charge >= 0.3 is 0 Å². The summed E-state index contributed by atoms with van der Waals surface area (Å²) in [6, 6.07) is 17.1. The molecule has 0 saturated carbocycles. The van der Waals surface area contributed by atoms with Crippen molar-refractivity contribution in [2.24, 2.45) is 10.1 Å². The minimum Gasteiger partial charge on any atom is -0.383 e. The molecule has 5 nitrogen and oxygen atoms in total. The average Bonchev–Trinajstić information content (AvgIpc) is 3.14. The first-order valence-corrected chi connectivity index (χ1v) is 12.3. The lowest BCUT2D eigenvalue weighted by molar-refractivity contribution is 0.100. The van der Waals surface area contributed by atoms with Crippen molar-refractivity contribution in [2.45, 2.75) is 14.0 Å². The van der Waals surface area contributed by atoms with E-state index in [0.717, 1.165) is 4.47 Å². The minimum atomic E-state index is -3.29. The molecule has 1 atom stereocenters. The van der Waals surface area contributed by atoms with Gasteiger partial charge in [-0.25, -0.2) is 4.21 Å². The Hall–Kier alpha value is -1.94. The Morgan fingerprint density at radius 1 is 1.18 bits per heavy atom. The van der Waals surface area contributed by atoms with Gasteiger partial charge in [-0.2, -0.15) is 0 Å². The van der Waals surface area contributed by atoms with Gasteiger partial charge in [0.1, 0.15) is 15.6 Å². The number of halogens is 1. The third kappa shape index (κ3) is 4.22. The lowest BCUT2D eigenvalue weighted by Crippen LogP contribution is -2.09. The summed E-state index contributed by atoms with van der Waals surface area (Å²) in [6.45, 7) is 0. The van der Waals surface area contributed by atoms with Crippen molar-refractivity contribution >= 4 is 60.5 Å². The van der Waals surface area contributed by atoms with E-state index in [1.807, 2.05) is 12.3 Å². The molecule has 0 aliphatic carbocycles. The first-order valence-electron chi connectivity index (χ1n) is 7.99. The van der Waals surface area contributed by atoms with Crippen molar-refractivity contribution < 1.29 is 9.00 Å². The normalized spacial score (nSPS) is 12.9. The summed E-state index contributed by atoms with van der Waals surface area (Å²) in [5, 5.41) is 7.72. The van der Waals surface area contributed by atoms with Crippen molar-refractivity contribution in [1.82, 2.24) is 0 Å². The van der Waals surface area contributed by atoms with Crippen molar-refractivity contribution in [3.05, 3.63) is 75.6 Å². The number of thiophene rings is 1. The van der Waals surface area contributed by atoms with Gasteiger partial charge in [0.25, 0.3) is 5.91 Å². The average molecular weight is 494 g/mol. The van der Waals surface area contributed by atoms with E-state index in [-0.39, 0.29) is 5.84 Å². The zero-order valence-electron chi connectivity index (χ0n) is 14.7. The minimum absolute atomic E-state index is 0.114. The lowest BCUT2D eigenvalue weighted by Gasteiger charge is -2.11. The number of thioether (sulfide) groups is 1. The van der Waals surface area contributed by atoms with Crippen LogP contribution in [0.5, 0.6) is 0 Å². The monoisotopic (exact) mass is 493 g/mol. The van der Waals surface area contributed by atoms with Crippen LogP contribution in [-0.2, 0) is 9.73 Å². The highest BCUT2D eigenvalue weighted by Gasteiger charge is 2.25. The smallest absolute Gasteiger partial charge is 0.285 e. The van der Waals surface area contributed by atoms with Crippen molar-refractivity contribution in [1.29, 1.82) is 5.41 Å². The third-order valence-electron chi connectivity index (χ3n) is 3.76. The Morgan fingerprint density at radius 2 is 1.89 bits per heavy atom. The first kappa shape index (κ1) is 20.8. The van der Waals surface area contributed by atoms with Crippen LogP contribution in [0.3, 0.4) is 0 Å². The number of hydrogen-bond donors (Lipinski definition) is 2. The van der Waals surface area contributed by atoms with Gasteiger partial charge in [0.2, 0.25) is 0 Å². The zero-order valence-corrected chi connectivity index (χ0v) is 18.8. The molecule has 144 valence electrons. The molecule has 0 spiro atoms. The fourth-order valence-corrected chi connectivity index (χ4v) is 7.48. The number of rotatable bonds is 5. The molecule has 1 aromatic heterocycles. The fourth-order valence-electron chi connectivity index (χ4n) is 2.44. The summed E-state index contributed by atoms with van der Waals surface area (Å²) >= 11 is 6.05. The number of carbonyl (C=O) groups is 1. The van der Waals surface area contributed by atoms with Crippen LogP contribution in [0.1, 0.15) is 15.2 Å². The fraction of sp³-hybridized carbons (Fsp3) is 0.0526. The molecule has 0 aliphatic rings. The molecule has 28 heavy (non-hydrogen) atoms. The van der Waals surface area contributed by atoms with E-state index in [1.54, 1.807) is 54.6 Å². The van der Waals surface area contributed by atoms with Crippen molar-refractivity contribution in [2.75, 3.05) is 6.26 Å². The zero-order chi connectivity index (χ0) is 20.3. The lowest BCUT2D eigenvalue weighted by atomic mass is 10.2. The number of nitrogens with zero attached hydrogens (tertiary/aromatic N) is 1. The van der Waals surface area contributed by atoms with Crippen LogP contribution < -0.4 is 5.73 Å². The predicted octanol–water partition coefficient (Wildman–Crippen LogP) is 5.24. The van der Waals surface area contributed by atoms with Gasteiger partial charge in [0, 0.05) is 10.0 Å². The Balaban J connectivity index is 2.30. The van der Waals surface area contributed by atoms with Crippen LogP contribution in [0.2, 0.25) is 0 Å². The van der Waals surface area contributed by atoms with Gasteiger partial charge in [0.15, 0.2) is 0 Å². The Labute approximate surface area is 180 Å². The van der Waals surface area contributed by atoms with E-state index in [0.29, 0.717) is 24.4 Å². The van der Waals surface area contributed by atoms with Crippen LogP contribution in [0.4, 0.5) is 0 Å².